The fourth-order valence-electron chi connectivity index (χ4n) is 1.58. The Morgan fingerprint density at radius 2 is 2.41 bits per heavy atom. The van der Waals surface area contributed by atoms with Crippen LogP contribution < -0.4 is 5.32 Å². The molecule has 0 saturated carbocycles. The van der Waals surface area contributed by atoms with E-state index in [1.165, 1.54) is 16.7 Å². The molecule has 1 unspecified atom stereocenters. The molecule has 7 heteroatoms. The summed E-state index contributed by atoms with van der Waals surface area (Å²) in [7, 11) is 1.87. The van der Waals surface area contributed by atoms with E-state index < -0.39 is 0 Å². The van der Waals surface area contributed by atoms with Crippen molar-refractivity contribution in [2.75, 3.05) is 13.1 Å². The zero-order valence-corrected chi connectivity index (χ0v) is 10.5. The van der Waals surface area contributed by atoms with Crippen molar-refractivity contribution in [2.24, 2.45) is 7.05 Å². The normalized spacial score (nSPS) is 17.1. The van der Waals surface area contributed by atoms with E-state index >= 15 is 0 Å². The molecular formula is C10H14N4O2S. The molecule has 6 nitrogen and oxygen atoms in total. The van der Waals surface area contributed by atoms with Crippen LogP contribution in [0.15, 0.2) is 17.6 Å². The molecule has 1 aromatic heterocycles. The number of hydrogen-bond acceptors (Lipinski definition) is 4. The lowest BCUT2D eigenvalue weighted by Gasteiger charge is -2.16. The maximum atomic E-state index is 12.0. The summed E-state index contributed by atoms with van der Waals surface area (Å²) in [6.45, 7) is 2.76. The Morgan fingerprint density at radius 1 is 1.65 bits per heavy atom. The van der Waals surface area contributed by atoms with Crippen LogP contribution in [0, 0.1) is 0 Å². The Balaban J connectivity index is 2.00. The molecule has 3 amide bonds. The lowest BCUT2D eigenvalue weighted by atomic mass is 10.4. The Morgan fingerprint density at radius 3 is 2.94 bits per heavy atom. The third-order valence-corrected chi connectivity index (χ3v) is 3.69. The Bertz CT molecular complexity index is 445. The van der Waals surface area contributed by atoms with E-state index in [-0.39, 0.29) is 17.2 Å². The van der Waals surface area contributed by atoms with Crippen molar-refractivity contribution in [1.82, 2.24) is 19.8 Å². The van der Waals surface area contributed by atoms with Gasteiger partial charge in [-0.05, 0) is 6.92 Å². The van der Waals surface area contributed by atoms with Gasteiger partial charge in [-0.3, -0.25) is 9.69 Å². The van der Waals surface area contributed by atoms with Crippen LogP contribution in [0.2, 0.25) is 0 Å². The fraction of sp³-hybridized carbons (Fsp3) is 0.500. The number of hydrogen-bond donors (Lipinski definition) is 1. The molecule has 1 saturated heterocycles. The van der Waals surface area contributed by atoms with Crippen LogP contribution in [-0.4, -0.2) is 44.7 Å². The van der Waals surface area contributed by atoms with Gasteiger partial charge in [0.15, 0.2) is 5.16 Å². The number of aryl methyl sites for hydroxylation is 1. The summed E-state index contributed by atoms with van der Waals surface area (Å²) in [5.41, 5.74) is 0. The van der Waals surface area contributed by atoms with Gasteiger partial charge in [-0.2, -0.15) is 0 Å². The maximum absolute atomic E-state index is 12.0. The first kappa shape index (κ1) is 12.0. The highest BCUT2D eigenvalue weighted by atomic mass is 32.2. The third kappa shape index (κ3) is 2.44. The lowest BCUT2D eigenvalue weighted by Crippen LogP contribution is -2.39. The molecule has 1 N–H and O–H groups in total. The van der Waals surface area contributed by atoms with Crippen LogP contribution in [0.1, 0.15) is 6.92 Å². The molecule has 1 aromatic rings. The Hall–Kier alpha value is -1.50. The quantitative estimate of drug-likeness (QED) is 0.795. The molecule has 2 heterocycles. The molecule has 1 fully saturated rings. The monoisotopic (exact) mass is 254 g/mol. The Kier molecular flexibility index (Phi) is 3.37. The molecule has 17 heavy (non-hydrogen) atoms. The van der Waals surface area contributed by atoms with E-state index in [9.17, 15) is 9.59 Å². The summed E-state index contributed by atoms with van der Waals surface area (Å²) >= 11 is 1.35. The molecule has 1 atom stereocenters. The van der Waals surface area contributed by atoms with Crippen LogP contribution >= 0.6 is 11.8 Å². The van der Waals surface area contributed by atoms with E-state index in [0.29, 0.717) is 13.1 Å². The van der Waals surface area contributed by atoms with Gasteiger partial charge in [-0.15, -0.1) is 0 Å². The zero-order chi connectivity index (χ0) is 12.4. The smallest absolute Gasteiger partial charge is 0.324 e. The topological polar surface area (TPSA) is 67.2 Å². The van der Waals surface area contributed by atoms with Crippen LogP contribution in [0.3, 0.4) is 0 Å². The van der Waals surface area contributed by atoms with Gasteiger partial charge in [-0.25, -0.2) is 9.78 Å². The largest absolute Gasteiger partial charge is 0.336 e. The van der Waals surface area contributed by atoms with Gasteiger partial charge >= 0.3 is 6.03 Å². The van der Waals surface area contributed by atoms with Crippen LogP contribution in [0.4, 0.5) is 4.79 Å². The molecule has 1 aliphatic heterocycles. The number of nitrogens with one attached hydrogen (secondary N) is 1. The van der Waals surface area contributed by atoms with E-state index in [4.69, 9.17) is 0 Å². The van der Waals surface area contributed by atoms with Crippen LogP contribution in [0.25, 0.3) is 0 Å². The molecule has 0 aliphatic carbocycles. The minimum absolute atomic E-state index is 0.173. The highest BCUT2D eigenvalue weighted by Gasteiger charge is 2.30. The second-order valence-corrected chi connectivity index (χ2v) is 5.11. The summed E-state index contributed by atoms with van der Waals surface area (Å²) in [4.78, 5) is 28.7. The van der Waals surface area contributed by atoms with Gasteiger partial charge < -0.3 is 9.88 Å². The highest BCUT2D eigenvalue weighted by molar-refractivity contribution is 8.00. The number of imidazole rings is 1. The second kappa shape index (κ2) is 4.79. The molecule has 0 spiro atoms. The van der Waals surface area contributed by atoms with Crippen molar-refractivity contribution >= 4 is 23.7 Å². The molecule has 0 bridgehead atoms. The number of amides is 3. The van der Waals surface area contributed by atoms with Gasteiger partial charge in [0.1, 0.15) is 0 Å². The molecule has 0 aromatic carbocycles. The minimum atomic E-state index is -0.319. The van der Waals surface area contributed by atoms with Gasteiger partial charge in [-0.1, -0.05) is 11.8 Å². The van der Waals surface area contributed by atoms with Gasteiger partial charge in [0.25, 0.3) is 0 Å². The average Bonchev–Trinajstić information content (AvgIpc) is 2.88. The van der Waals surface area contributed by atoms with E-state index in [1.54, 1.807) is 13.1 Å². The zero-order valence-electron chi connectivity index (χ0n) is 9.71. The van der Waals surface area contributed by atoms with Crippen molar-refractivity contribution in [3.8, 4) is 0 Å². The van der Waals surface area contributed by atoms with E-state index in [0.717, 1.165) is 5.16 Å². The predicted molar refractivity (Wildman–Crippen MR) is 63.6 cm³/mol. The van der Waals surface area contributed by atoms with Crippen molar-refractivity contribution in [2.45, 2.75) is 17.3 Å². The number of carbonyl (C=O) groups is 2. The molecule has 92 valence electrons. The summed E-state index contributed by atoms with van der Waals surface area (Å²) in [5.74, 6) is -0.173. The standard InChI is InChI=1S/C10H14N4O2S/c1-7(17-10-12-3-5-13(10)2)8(15)14-6-4-11-9(14)16/h3,5,7H,4,6H2,1-2H3,(H,11,16). The number of imide groups is 1. The van der Waals surface area contributed by atoms with Crippen LogP contribution in [-0.2, 0) is 11.8 Å². The fourth-order valence-corrected chi connectivity index (χ4v) is 2.47. The second-order valence-electron chi connectivity index (χ2n) is 3.80. The first-order valence-electron chi connectivity index (χ1n) is 5.33. The highest BCUT2D eigenvalue weighted by Crippen LogP contribution is 2.22. The predicted octanol–water partition coefficient (Wildman–Crippen LogP) is 0.452. The SMILES string of the molecule is CC(Sc1nccn1C)C(=O)N1CCNC1=O. The van der Waals surface area contributed by atoms with Crippen molar-refractivity contribution in [3.63, 3.8) is 0 Å². The third-order valence-electron chi connectivity index (χ3n) is 2.53. The van der Waals surface area contributed by atoms with Crippen molar-refractivity contribution in [1.29, 1.82) is 0 Å². The number of thioether (sulfide) groups is 1. The number of urea groups is 1. The number of carbonyl (C=O) groups excluding carboxylic acids is 2. The van der Waals surface area contributed by atoms with Gasteiger partial charge in [0.05, 0.1) is 5.25 Å². The van der Waals surface area contributed by atoms with Crippen molar-refractivity contribution < 1.29 is 9.59 Å². The summed E-state index contributed by atoms with van der Waals surface area (Å²) in [5, 5.41) is 3.06. The molecular weight excluding hydrogens is 240 g/mol. The summed E-state index contributed by atoms with van der Waals surface area (Å²) in [6.07, 6.45) is 3.50. The van der Waals surface area contributed by atoms with Crippen molar-refractivity contribution in [3.05, 3.63) is 12.4 Å². The minimum Gasteiger partial charge on any atom is -0.336 e. The first-order valence-corrected chi connectivity index (χ1v) is 6.20. The number of nitrogens with zero attached hydrogens (tertiary/aromatic N) is 3. The molecule has 1 aliphatic rings. The lowest BCUT2D eigenvalue weighted by molar-refractivity contribution is -0.126. The number of aromatic nitrogens is 2. The van der Waals surface area contributed by atoms with E-state index in [2.05, 4.69) is 10.3 Å². The average molecular weight is 254 g/mol. The molecule has 0 radical (unpaired) electrons. The summed E-state index contributed by atoms with van der Waals surface area (Å²) < 4.78 is 1.85. The van der Waals surface area contributed by atoms with Gasteiger partial charge in [0.2, 0.25) is 5.91 Å². The summed E-state index contributed by atoms with van der Waals surface area (Å²) in [6, 6.07) is -0.303. The molecule has 2 rings (SSSR count). The van der Waals surface area contributed by atoms with Gasteiger partial charge in [0, 0.05) is 32.5 Å². The number of rotatable bonds is 3. The Labute approximate surface area is 103 Å². The van der Waals surface area contributed by atoms with E-state index in [1.807, 2.05) is 17.8 Å². The maximum Gasteiger partial charge on any atom is 0.324 e. The first-order chi connectivity index (χ1) is 8.09. The van der Waals surface area contributed by atoms with Crippen LogP contribution in [0.5, 0.6) is 0 Å².